The number of carboxylic acid groups (broad SMARTS) is 1. The highest BCUT2D eigenvalue weighted by atomic mass is 32.2. The molecule has 0 atom stereocenters. The van der Waals surface area contributed by atoms with E-state index in [1.54, 1.807) is 0 Å². The second kappa shape index (κ2) is 10.2. The molecule has 6 nitrogen and oxygen atoms in total. The molecule has 184 valence electrons. The number of rotatable bonds is 10. The Hall–Kier alpha value is -3.49. The molecule has 0 saturated heterocycles. The van der Waals surface area contributed by atoms with Gasteiger partial charge in [-0.15, -0.1) is 11.3 Å². The van der Waals surface area contributed by atoms with Gasteiger partial charge in [0.2, 0.25) is 14.2 Å². The lowest BCUT2D eigenvalue weighted by molar-refractivity contribution is -0.137. The summed E-state index contributed by atoms with van der Waals surface area (Å²) in [5, 5.41) is 8.86. The van der Waals surface area contributed by atoms with Crippen LogP contribution in [-0.4, -0.2) is 36.8 Å². The molecule has 1 N–H and O–H groups in total. The number of aromatic nitrogens is 1. The van der Waals surface area contributed by atoms with Crippen LogP contribution in [-0.2, 0) is 21.1 Å². The molecule has 1 heterocycles. The maximum Gasteiger partial charge on any atom is 0.306 e. The van der Waals surface area contributed by atoms with Gasteiger partial charge in [0.05, 0.1) is 24.5 Å². The van der Waals surface area contributed by atoms with E-state index in [-0.39, 0.29) is 29.0 Å². The quantitative estimate of drug-likeness (QED) is 0.260. The van der Waals surface area contributed by atoms with E-state index in [0.29, 0.717) is 24.3 Å². The van der Waals surface area contributed by atoms with Gasteiger partial charge in [0.15, 0.2) is 0 Å². The number of ether oxygens (including phenoxy) is 1. The number of sulfone groups is 1. The maximum absolute atomic E-state index is 13.4. The van der Waals surface area contributed by atoms with Crippen LogP contribution in [0.3, 0.4) is 0 Å². The predicted molar refractivity (Wildman–Crippen MR) is 140 cm³/mol. The SMILES string of the molecule is O=C(O)CCOc1cccc2c1Cc1sc(S(=O)(=O)CCC(c3ccccc3)c3ccccc3)nc1-2. The van der Waals surface area contributed by atoms with Gasteiger partial charge in [0, 0.05) is 28.3 Å². The highest BCUT2D eigenvalue weighted by molar-refractivity contribution is 7.93. The summed E-state index contributed by atoms with van der Waals surface area (Å²) in [5.41, 5.74) is 4.63. The molecule has 5 rings (SSSR count). The van der Waals surface area contributed by atoms with Gasteiger partial charge in [-0.2, -0.15) is 0 Å². The van der Waals surface area contributed by atoms with Crippen LogP contribution in [0.4, 0.5) is 0 Å². The number of carbonyl (C=O) groups is 1. The number of aliphatic carboxylic acids is 1. The Morgan fingerprint density at radius 1 is 0.972 bits per heavy atom. The number of nitrogens with zero attached hydrogens (tertiary/aromatic N) is 1. The monoisotopic (exact) mass is 519 g/mol. The summed E-state index contributed by atoms with van der Waals surface area (Å²) < 4.78 is 32.5. The van der Waals surface area contributed by atoms with E-state index < -0.39 is 15.8 Å². The topological polar surface area (TPSA) is 93.6 Å². The van der Waals surface area contributed by atoms with E-state index in [0.717, 1.165) is 27.1 Å². The summed E-state index contributed by atoms with van der Waals surface area (Å²) in [6.45, 7) is 0.0798. The Bertz CT molecular complexity index is 1440. The minimum atomic E-state index is -3.57. The standard InChI is InChI=1S/C28H25NO5S2/c30-26(31)14-16-34-24-13-7-12-22-23(24)18-25-27(22)29-28(35-25)36(32,33)17-15-21(19-8-3-1-4-9-19)20-10-5-2-6-11-20/h1-13,21H,14-18H2,(H,30,31). The van der Waals surface area contributed by atoms with Crippen molar-refractivity contribution in [2.24, 2.45) is 0 Å². The Balaban J connectivity index is 1.36. The molecule has 0 saturated carbocycles. The molecular weight excluding hydrogens is 494 g/mol. The summed E-state index contributed by atoms with van der Waals surface area (Å²) in [6, 6.07) is 25.5. The number of fused-ring (bicyclic) bond motifs is 3. The number of hydrogen-bond donors (Lipinski definition) is 1. The normalized spacial score (nSPS) is 12.4. The molecule has 36 heavy (non-hydrogen) atoms. The third kappa shape index (κ3) is 5.05. The first-order chi connectivity index (χ1) is 17.4. The van der Waals surface area contributed by atoms with Gasteiger partial charge < -0.3 is 9.84 Å². The van der Waals surface area contributed by atoms with Crippen LogP contribution in [0.15, 0.2) is 83.2 Å². The molecule has 0 fully saturated rings. The number of benzene rings is 3. The smallest absolute Gasteiger partial charge is 0.306 e. The average molecular weight is 520 g/mol. The highest BCUT2D eigenvalue weighted by Gasteiger charge is 2.30. The molecule has 8 heteroatoms. The zero-order chi connectivity index (χ0) is 25.1. The first-order valence-electron chi connectivity index (χ1n) is 11.7. The van der Waals surface area contributed by atoms with Crippen LogP contribution < -0.4 is 4.74 Å². The zero-order valence-corrected chi connectivity index (χ0v) is 21.1. The number of carboxylic acids is 1. The van der Waals surface area contributed by atoms with Crippen LogP contribution in [0.2, 0.25) is 0 Å². The summed E-state index contributed by atoms with van der Waals surface area (Å²) in [7, 11) is -3.57. The lowest BCUT2D eigenvalue weighted by atomic mass is 9.89. The Kier molecular flexibility index (Phi) is 6.89. The second-order valence-corrected chi connectivity index (χ2v) is 12.1. The molecule has 0 amide bonds. The fourth-order valence-electron chi connectivity index (χ4n) is 4.56. The third-order valence-corrected chi connectivity index (χ3v) is 9.58. The first kappa shape index (κ1) is 24.2. The average Bonchev–Trinajstić information content (AvgIpc) is 3.45. The minimum absolute atomic E-state index is 0.000948. The Morgan fingerprint density at radius 3 is 2.28 bits per heavy atom. The van der Waals surface area contributed by atoms with Crippen LogP contribution in [0, 0.1) is 0 Å². The van der Waals surface area contributed by atoms with Crippen molar-refractivity contribution in [1.82, 2.24) is 4.98 Å². The van der Waals surface area contributed by atoms with Crippen molar-refractivity contribution in [1.29, 1.82) is 0 Å². The van der Waals surface area contributed by atoms with E-state index in [1.165, 1.54) is 11.3 Å². The van der Waals surface area contributed by atoms with Gasteiger partial charge in [-0.05, 0) is 23.6 Å². The molecular formula is C28H25NO5S2. The summed E-state index contributed by atoms with van der Waals surface area (Å²) in [5.74, 6) is -0.323. The van der Waals surface area contributed by atoms with Crippen LogP contribution in [0.1, 0.15) is 40.3 Å². The van der Waals surface area contributed by atoms with Crippen molar-refractivity contribution < 1.29 is 23.1 Å². The molecule has 0 unspecified atom stereocenters. The first-order valence-corrected chi connectivity index (χ1v) is 14.2. The molecule has 0 aliphatic heterocycles. The van der Waals surface area contributed by atoms with Gasteiger partial charge in [-0.1, -0.05) is 72.8 Å². The van der Waals surface area contributed by atoms with Crippen LogP contribution in [0.5, 0.6) is 5.75 Å². The van der Waals surface area contributed by atoms with E-state index in [1.807, 2.05) is 78.9 Å². The van der Waals surface area contributed by atoms with Crippen molar-refractivity contribution in [3.8, 4) is 17.0 Å². The van der Waals surface area contributed by atoms with E-state index in [4.69, 9.17) is 9.84 Å². The Morgan fingerprint density at radius 2 is 1.64 bits per heavy atom. The van der Waals surface area contributed by atoms with E-state index in [9.17, 15) is 13.2 Å². The molecule has 0 radical (unpaired) electrons. The predicted octanol–water partition coefficient (Wildman–Crippen LogP) is 5.56. The van der Waals surface area contributed by atoms with E-state index >= 15 is 0 Å². The summed E-state index contributed by atoms with van der Waals surface area (Å²) >= 11 is 1.22. The molecule has 1 aromatic heterocycles. The van der Waals surface area contributed by atoms with Crippen molar-refractivity contribution in [3.63, 3.8) is 0 Å². The zero-order valence-electron chi connectivity index (χ0n) is 19.5. The summed E-state index contributed by atoms with van der Waals surface area (Å²) in [6.07, 6.45) is 0.898. The lowest BCUT2D eigenvalue weighted by Gasteiger charge is -2.18. The molecule has 0 spiro atoms. The highest BCUT2D eigenvalue weighted by Crippen LogP contribution is 2.44. The Labute approximate surface area is 214 Å². The van der Waals surface area contributed by atoms with Crippen molar-refractivity contribution in [2.45, 2.75) is 29.5 Å². The molecule has 0 bridgehead atoms. The lowest BCUT2D eigenvalue weighted by Crippen LogP contribution is -2.12. The number of hydrogen-bond acceptors (Lipinski definition) is 6. The van der Waals surface area contributed by atoms with Crippen LogP contribution in [0.25, 0.3) is 11.3 Å². The van der Waals surface area contributed by atoms with Crippen molar-refractivity contribution in [2.75, 3.05) is 12.4 Å². The molecule has 1 aliphatic carbocycles. The summed E-state index contributed by atoms with van der Waals surface area (Å²) in [4.78, 5) is 16.3. The van der Waals surface area contributed by atoms with E-state index in [2.05, 4.69) is 4.98 Å². The van der Waals surface area contributed by atoms with Gasteiger partial charge in [-0.3, -0.25) is 4.79 Å². The maximum atomic E-state index is 13.4. The third-order valence-electron chi connectivity index (χ3n) is 6.32. The van der Waals surface area contributed by atoms with Gasteiger partial charge >= 0.3 is 5.97 Å². The molecule has 3 aromatic carbocycles. The minimum Gasteiger partial charge on any atom is -0.493 e. The van der Waals surface area contributed by atoms with Gasteiger partial charge in [-0.25, -0.2) is 13.4 Å². The largest absolute Gasteiger partial charge is 0.493 e. The molecule has 1 aliphatic rings. The second-order valence-electron chi connectivity index (χ2n) is 8.68. The van der Waals surface area contributed by atoms with Crippen molar-refractivity contribution in [3.05, 3.63) is 100 Å². The number of thiazole rings is 1. The fourth-order valence-corrected chi connectivity index (χ4v) is 7.39. The van der Waals surface area contributed by atoms with Crippen LogP contribution >= 0.6 is 11.3 Å². The fraction of sp³-hybridized carbons (Fsp3) is 0.214. The van der Waals surface area contributed by atoms with Gasteiger partial charge in [0.25, 0.3) is 0 Å². The van der Waals surface area contributed by atoms with Crippen molar-refractivity contribution >= 4 is 27.1 Å². The molecule has 4 aromatic rings. The van der Waals surface area contributed by atoms with Gasteiger partial charge in [0.1, 0.15) is 5.75 Å².